The molecular weight excluding hydrogens is 231 g/mol. The average Bonchev–Trinajstić information content (AvgIpc) is 2.39. The maximum Gasteiger partial charge on any atom is 0.123 e. The standard InChI is InChI=1S/C15H15FO2/c1-15(17,12-5-3-2-4-6-12)11-18-14-9-7-13(16)8-10-14/h2-10,17H,11H2,1H3. The lowest BCUT2D eigenvalue weighted by molar-refractivity contribution is 0.00758. The summed E-state index contributed by atoms with van der Waals surface area (Å²) in [7, 11) is 0. The fourth-order valence-electron chi connectivity index (χ4n) is 1.64. The zero-order valence-electron chi connectivity index (χ0n) is 10.1. The molecule has 0 aliphatic rings. The Kier molecular flexibility index (Phi) is 3.63. The maximum atomic E-state index is 12.7. The van der Waals surface area contributed by atoms with Crippen LogP contribution in [0, 0.1) is 5.82 Å². The monoisotopic (exact) mass is 246 g/mol. The Labute approximate surface area is 106 Å². The summed E-state index contributed by atoms with van der Waals surface area (Å²) in [5.74, 6) is 0.227. The summed E-state index contributed by atoms with van der Waals surface area (Å²) in [6.07, 6.45) is 0. The van der Waals surface area contributed by atoms with Gasteiger partial charge in [0, 0.05) is 0 Å². The van der Waals surface area contributed by atoms with Crippen molar-refractivity contribution in [2.45, 2.75) is 12.5 Å². The highest BCUT2D eigenvalue weighted by atomic mass is 19.1. The largest absolute Gasteiger partial charge is 0.490 e. The van der Waals surface area contributed by atoms with Gasteiger partial charge in [0.1, 0.15) is 23.8 Å². The van der Waals surface area contributed by atoms with Gasteiger partial charge in [0.25, 0.3) is 0 Å². The van der Waals surface area contributed by atoms with Crippen LogP contribution < -0.4 is 4.74 Å². The number of hydrogen-bond donors (Lipinski definition) is 1. The Balaban J connectivity index is 2.03. The molecule has 0 fully saturated rings. The molecule has 0 radical (unpaired) electrons. The molecule has 0 saturated heterocycles. The molecule has 94 valence electrons. The van der Waals surface area contributed by atoms with Crippen LogP contribution in [0.25, 0.3) is 0 Å². The molecule has 0 amide bonds. The van der Waals surface area contributed by atoms with E-state index in [9.17, 15) is 9.50 Å². The molecule has 1 atom stereocenters. The molecule has 0 aromatic heterocycles. The van der Waals surface area contributed by atoms with Crippen LogP contribution in [-0.2, 0) is 5.60 Å². The van der Waals surface area contributed by atoms with Gasteiger partial charge in [-0.2, -0.15) is 0 Å². The molecule has 0 heterocycles. The van der Waals surface area contributed by atoms with Crippen LogP contribution in [0.5, 0.6) is 5.75 Å². The predicted octanol–water partition coefficient (Wildman–Crippen LogP) is 3.11. The van der Waals surface area contributed by atoms with E-state index in [0.29, 0.717) is 5.75 Å². The van der Waals surface area contributed by atoms with Gasteiger partial charge in [-0.15, -0.1) is 0 Å². The van der Waals surface area contributed by atoms with Crippen LogP contribution in [0.1, 0.15) is 12.5 Å². The van der Waals surface area contributed by atoms with E-state index in [0.717, 1.165) is 5.56 Å². The van der Waals surface area contributed by atoms with E-state index < -0.39 is 5.60 Å². The van der Waals surface area contributed by atoms with E-state index in [2.05, 4.69) is 0 Å². The molecule has 1 N–H and O–H groups in total. The molecule has 0 spiro atoms. The Morgan fingerprint density at radius 3 is 2.28 bits per heavy atom. The molecule has 2 aromatic carbocycles. The van der Waals surface area contributed by atoms with Crippen LogP contribution in [0.4, 0.5) is 4.39 Å². The van der Waals surface area contributed by atoms with E-state index in [1.807, 2.05) is 30.3 Å². The third-order valence-electron chi connectivity index (χ3n) is 2.73. The van der Waals surface area contributed by atoms with Gasteiger partial charge in [-0.3, -0.25) is 0 Å². The molecule has 2 nitrogen and oxygen atoms in total. The normalized spacial score (nSPS) is 13.9. The molecule has 0 aliphatic heterocycles. The third kappa shape index (κ3) is 3.08. The molecular formula is C15H15FO2. The summed E-state index contributed by atoms with van der Waals surface area (Å²) in [5, 5.41) is 10.3. The van der Waals surface area contributed by atoms with Gasteiger partial charge in [0.05, 0.1) is 0 Å². The highest BCUT2D eigenvalue weighted by Gasteiger charge is 2.23. The minimum atomic E-state index is -1.07. The minimum absolute atomic E-state index is 0.114. The first-order valence-electron chi connectivity index (χ1n) is 5.74. The number of ether oxygens (including phenoxy) is 1. The Morgan fingerprint density at radius 1 is 1.06 bits per heavy atom. The van der Waals surface area contributed by atoms with Crippen LogP contribution in [0.15, 0.2) is 54.6 Å². The van der Waals surface area contributed by atoms with Gasteiger partial charge in [0.15, 0.2) is 0 Å². The fraction of sp³-hybridized carbons (Fsp3) is 0.200. The lowest BCUT2D eigenvalue weighted by Gasteiger charge is -2.24. The molecule has 18 heavy (non-hydrogen) atoms. The third-order valence-corrected chi connectivity index (χ3v) is 2.73. The van der Waals surface area contributed by atoms with Crippen molar-refractivity contribution in [3.63, 3.8) is 0 Å². The number of halogens is 1. The van der Waals surface area contributed by atoms with Crippen LogP contribution >= 0.6 is 0 Å². The van der Waals surface area contributed by atoms with E-state index >= 15 is 0 Å². The molecule has 0 bridgehead atoms. The zero-order chi connectivity index (χ0) is 13.0. The lowest BCUT2D eigenvalue weighted by atomic mass is 9.97. The highest BCUT2D eigenvalue weighted by Crippen LogP contribution is 2.22. The second kappa shape index (κ2) is 5.19. The first kappa shape index (κ1) is 12.6. The van der Waals surface area contributed by atoms with Crippen molar-refractivity contribution in [2.75, 3.05) is 6.61 Å². The van der Waals surface area contributed by atoms with E-state index in [1.165, 1.54) is 24.3 Å². The number of benzene rings is 2. The highest BCUT2D eigenvalue weighted by molar-refractivity contribution is 5.24. The van der Waals surface area contributed by atoms with Crippen molar-refractivity contribution in [1.82, 2.24) is 0 Å². The summed E-state index contributed by atoms with van der Waals surface area (Å²) in [5.41, 5.74) is -0.289. The number of aliphatic hydroxyl groups is 1. The molecule has 2 aromatic rings. The van der Waals surface area contributed by atoms with E-state index in [1.54, 1.807) is 6.92 Å². The Bertz CT molecular complexity index is 492. The summed E-state index contributed by atoms with van der Waals surface area (Å²) in [6.45, 7) is 1.80. The number of rotatable bonds is 4. The summed E-state index contributed by atoms with van der Waals surface area (Å²) in [6, 6.07) is 15.0. The molecule has 0 saturated carbocycles. The van der Waals surface area contributed by atoms with Crippen molar-refractivity contribution in [3.8, 4) is 5.75 Å². The van der Waals surface area contributed by atoms with E-state index in [-0.39, 0.29) is 12.4 Å². The van der Waals surface area contributed by atoms with Crippen molar-refractivity contribution in [1.29, 1.82) is 0 Å². The van der Waals surface area contributed by atoms with Gasteiger partial charge in [-0.25, -0.2) is 4.39 Å². The van der Waals surface area contributed by atoms with Crippen LogP contribution in [-0.4, -0.2) is 11.7 Å². The van der Waals surface area contributed by atoms with Gasteiger partial charge in [-0.05, 0) is 36.8 Å². The smallest absolute Gasteiger partial charge is 0.123 e. The quantitative estimate of drug-likeness (QED) is 0.898. The van der Waals surface area contributed by atoms with Gasteiger partial charge in [0.2, 0.25) is 0 Å². The lowest BCUT2D eigenvalue weighted by Crippen LogP contribution is -2.29. The number of hydrogen-bond acceptors (Lipinski definition) is 2. The predicted molar refractivity (Wildman–Crippen MR) is 67.9 cm³/mol. The topological polar surface area (TPSA) is 29.5 Å². The Hall–Kier alpha value is -1.87. The maximum absolute atomic E-state index is 12.7. The first-order valence-corrected chi connectivity index (χ1v) is 5.74. The fourth-order valence-corrected chi connectivity index (χ4v) is 1.64. The van der Waals surface area contributed by atoms with Gasteiger partial charge < -0.3 is 9.84 Å². The summed E-state index contributed by atoms with van der Waals surface area (Å²) in [4.78, 5) is 0. The zero-order valence-corrected chi connectivity index (χ0v) is 10.1. The molecule has 1 unspecified atom stereocenters. The average molecular weight is 246 g/mol. The van der Waals surface area contributed by atoms with Gasteiger partial charge in [-0.1, -0.05) is 30.3 Å². The first-order chi connectivity index (χ1) is 8.58. The van der Waals surface area contributed by atoms with Crippen molar-refractivity contribution < 1.29 is 14.2 Å². The Morgan fingerprint density at radius 2 is 1.67 bits per heavy atom. The van der Waals surface area contributed by atoms with Crippen LogP contribution in [0.3, 0.4) is 0 Å². The SMILES string of the molecule is CC(O)(COc1ccc(F)cc1)c1ccccc1. The second-order valence-corrected chi connectivity index (χ2v) is 4.38. The van der Waals surface area contributed by atoms with Gasteiger partial charge >= 0.3 is 0 Å². The second-order valence-electron chi connectivity index (χ2n) is 4.38. The van der Waals surface area contributed by atoms with Crippen molar-refractivity contribution >= 4 is 0 Å². The summed E-state index contributed by atoms with van der Waals surface area (Å²) < 4.78 is 18.2. The van der Waals surface area contributed by atoms with Crippen LogP contribution in [0.2, 0.25) is 0 Å². The van der Waals surface area contributed by atoms with Crippen molar-refractivity contribution in [3.05, 3.63) is 66.0 Å². The summed E-state index contributed by atoms with van der Waals surface area (Å²) >= 11 is 0. The van der Waals surface area contributed by atoms with Crippen molar-refractivity contribution in [2.24, 2.45) is 0 Å². The molecule has 2 rings (SSSR count). The molecule has 3 heteroatoms. The molecule has 0 aliphatic carbocycles. The minimum Gasteiger partial charge on any atom is -0.490 e. The van der Waals surface area contributed by atoms with E-state index in [4.69, 9.17) is 4.74 Å².